The molecular weight excluding hydrogens is 178 g/mol. The molecule has 0 unspecified atom stereocenters. The molecule has 0 fully saturated rings. The van der Waals surface area contributed by atoms with Crippen molar-refractivity contribution in [3.8, 4) is 0 Å². The van der Waals surface area contributed by atoms with Gasteiger partial charge in [0, 0.05) is 18.3 Å². The number of nitrogens with two attached hydrogens (primary N) is 1. The zero-order chi connectivity index (χ0) is 10.6. The van der Waals surface area contributed by atoms with Crippen molar-refractivity contribution in [2.24, 2.45) is 11.7 Å². The average Bonchev–Trinajstić information content (AvgIpc) is 2.65. The maximum Gasteiger partial charge on any atom is 0.150 e. The minimum Gasteiger partial charge on any atom is -0.348 e. The molecule has 1 atom stereocenters. The molecule has 1 heterocycles. The zero-order valence-corrected chi connectivity index (χ0v) is 8.66. The summed E-state index contributed by atoms with van der Waals surface area (Å²) in [4.78, 5) is 18.4. The number of aryl methyl sites for hydroxylation is 1. The minimum atomic E-state index is -0.335. The maximum atomic E-state index is 11.5. The third-order valence-corrected chi connectivity index (χ3v) is 2.29. The zero-order valence-electron chi connectivity index (χ0n) is 8.66. The summed E-state index contributed by atoms with van der Waals surface area (Å²) in [6, 6.07) is -0.335. The molecule has 0 aliphatic heterocycles. The van der Waals surface area contributed by atoms with Crippen molar-refractivity contribution in [2.75, 3.05) is 0 Å². The second-order valence-corrected chi connectivity index (χ2v) is 3.81. The monoisotopic (exact) mass is 195 g/mol. The summed E-state index contributed by atoms with van der Waals surface area (Å²) in [5.41, 5.74) is 6.70. The first kappa shape index (κ1) is 10.9. The first-order valence-corrected chi connectivity index (χ1v) is 4.87. The summed E-state index contributed by atoms with van der Waals surface area (Å²) in [5.74, 6) is 0.332. The predicted molar refractivity (Wildman–Crippen MR) is 54.7 cm³/mol. The van der Waals surface area contributed by atoms with E-state index in [1.807, 2.05) is 13.8 Å². The van der Waals surface area contributed by atoms with E-state index in [4.69, 9.17) is 5.73 Å². The Kier molecular flexibility index (Phi) is 3.83. The topological polar surface area (TPSA) is 71.8 Å². The van der Waals surface area contributed by atoms with Crippen molar-refractivity contribution in [1.82, 2.24) is 9.97 Å². The van der Waals surface area contributed by atoms with Crippen LogP contribution in [0.4, 0.5) is 0 Å². The molecule has 0 spiro atoms. The van der Waals surface area contributed by atoms with Gasteiger partial charge in [-0.05, 0) is 12.3 Å². The standard InChI is InChI=1S/C10H17N3O/c1-7(2)10(11)9(14)4-3-8-5-12-6-13-8/h5-7,10H,3-4,11H2,1-2H3,(H,12,13)/t10-/m0/s1. The van der Waals surface area contributed by atoms with Gasteiger partial charge >= 0.3 is 0 Å². The average molecular weight is 195 g/mol. The highest BCUT2D eigenvalue weighted by Gasteiger charge is 2.16. The SMILES string of the molecule is CC(C)[C@H](N)C(=O)CCc1cnc[nH]1. The van der Waals surface area contributed by atoms with Crippen LogP contribution in [-0.2, 0) is 11.2 Å². The van der Waals surface area contributed by atoms with Gasteiger partial charge in [-0.3, -0.25) is 4.79 Å². The quantitative estimate of drug-likeness (QED) is 0.733. The van der Waals surface area contributed by atoms with Crippen LogP contribution in [0, 0.1) is 5.92 Å². The Labute approximate surface area is 83.9 Å². The first-order chi connectivity index (χ1) is 6.61. The van der Waals surface area contributed by atoms with E-state index in [0.717, 1.165) is 5.69 Å². The smallest absolute Gasteiger partial charge is 0.150 e. The van der Waals surface area contributed by atoms with Gasteiger partial charge in [0.15, 0.2) is 0 Å². The first-order valence-electron chi connectivity index (χ1n) is 4.87. The summed E-state index contributed by atoms with van der Waals surface area (Å²) in [5, 5.41) is 0. The summed E-state index contributed by atoms with van der Waals surface area (Å²) in [6.45, 7) is 3.91. The van der Waals surface area contributed by atoms with Crippen molar-refractivity contribution in [2.45, 2.75) is 32.7 Å². The van der Waals surface area contributed by atoms with Gasteiger partial charge in [0.2, 0.25) is 0 Å². The van der Waals surface area contributed by atoms with E-state index in [1.165, 1.54) is 0 Å². The van der Waals surface area contributed by atoms with Gasteiger partial charge in [0.1, 0.15) is 5.78 Å². The number of aromatic amines is 1. The second-order valence-electron chi connectivity index (χ2n) is 3.81. The normalized spacial score (nSPS) is 13.1. The van der Waals surface area contributed by atoms with Crippen LogP contribution < -0.4 is 5.73 Å². The van der Waals surface area contributed by atoms with Crippen LogP contribution in [0.5, 0.6) is 0 Å². The molecule has 14 heavy (non-hydrogen) atoms. The number of carbonyl (C=O) groups is 1. The fraction of sp³-hybridized carbons (Fsp3) is 0.600. The van der Waals surface area contributed by atoms with Gasteiger partial charge in [-0.15, -0.1) is 0 Å². The summed E-state index contributed by atoms with van der Waals surface area (Å²) >= 11 is 0. The lowest BCUT2D eigenvalue weighted by molar-refractivity contribution is -0.121. The molecule has 1 rings (SSSR count). The molecule has 0 saturated carbocycles. The Balaban J connectivity index is 2.35. The fourth-order valence-electron chi connectivity index (χ4n) is 1.22. The molecule has 3 N–H and O–H groups in total. The second kappa shape index (κ2) is 4.91. The third-order valence-electron chi connectivity index (χ3n) is 2.29. The maximum absolute atomic E-state index is 11.5. The molecule has 1 aromatic rings. The van der Waals surface area contributed by atoms with E-state index in [0.29, 0.717) is 12.8 Å². The van der Waals surface area contributed by atoms with Gasteiger partial charge in [0.25, 0.3) is 0 Å². The van der Waals surface area contributed by atoms with E-state index in [-0.39, 0.29) is 17.7 Å². The van der Waals surface area contributed by atoms with Crippen molar-refractivity contribution >= 4 is 5.78 Å². The number of carbonyl (C=O) groups excluding carboxylic acids is 1. The number of aromatic nitrogens is 2. The van der Waals surface area contributed by atoms with Gasteiger partial charge in [-0.1, -0.05) is 13.8 Å². The molecule has 0 saturated heterocycles. The Morgan fingerprint density at radius 3 is 2.86 bits per heavy atom. The van der Waals surface area contributed by atoms with Crippen molar-refractivity contribution in [1.29, 1.82) is 0 Å². The number of hydrogen-bond donors (Lipinski definition) is 2. The predicted octanol–water partition coefficient (Wildman–Crippen LogP) is 0.895. The molecular formula is C10H17N3O. The van der Waals surface area contributed by atoms with Gasteiger partial charge in [0.05, 0.1) is 12.4 Å². The van der Waals surface area contributed by atoms with Crippen LogP contribution >= 0.6 is 0 Å². The van der Waals surface area contributed by atoms with Crippen LogP contribution in [0.1, 0.15) is 26.0 Å². The molecule has 0 bridgehead atoms. The summed E-state index contributed by atoms with van der Waals surface area (Å²) in [7, 11) is 0. The number of nitrogens with zero attached hydrogens (tertiary/aromatic N) is 1. The lowest BCUT2D eigenvalue weighted by Gasteiger charge is -2.13. The van der Waals surface area contributed by atoms with E-state index in [9.17, 15) is 4.79 Å². The highest BCUT2D eigenvalue weighted by Crippen LogP contribution is 2.05. The molecule has 0 aliphatic rings. The highest BCUT2D eigenvalue weighted by molar-refractivity contribution is 5.84. The lowest BCUT2D eigenvalue weighted by atomic mass is 9.98. The molecule has 78 valence electrons. The third kappa shape index (κ3) is 2.96. The van der Waals surface area contributed by atoms with E-state index in [2.05, 4.69) is 9.97 Å². The van der Waals surface area contributed by atoms with Crippen LogP contribution in [0.25, 0.3) is 0 Å². The number of ketones is 1. The summed E-state index contributed by atoms with van der Waals surface area (Å²) in [6.07, 6.45) is 4.52. The molecule has 0 aromatic carbocycles. The highest BCUT2D eigenvalue weighted by atomic mass is 16.1. The van der Waals surface area contributed by atoms with E-state index in [1.54, 1.807) is 12.5 Å². The van der Waals surface area contributed by atoms with Gasteiger partial charge in [-0.25, -0.2) is 4.98 Å². The van der Waals surface area contributed by atoms with Crippen LogP contribution in [0.2, 0.25) is 0 Å². The number of hydrogen-bond acceptors (Lipinski definition) is 3. The van der Waals surface area contributed by atoms with Crippen LogP contribution in [-0.4, -0.2) is 21.8 Å². The van der Waals surface area contributed by atoms with Crippen molar-refractivity contribution < 1.29 is 4.79 Å². The number of imidazole rings is 1. The van der Waals surface area contributed by atoms with Crippen LogP contribution in [0.15, 0.2) is 12.5 Å². The Bertz CT molecular complexity index is 280. The Morgan fingerprint density at radius 2 is 2.36 bits per heavy atom. The number of rotatable bonds is 5. The summed E-state index contributed by atoms with van der Waals surface area (Å²) < 4.78 is 0. The largest absolute Gasteiger partial charge is 0.348 e. The number of nitrogens with one attached hydrogen (secondary N) is 1. The van der Waals surface area contributed by atoms with E-state index < -0.39 is 0 Å². The molecule has 1 aromatic heterocycles. The van der Waals surface area contributed by atoms with Crippen molar-refractivity contribution in [3.05, 3.63) is 18.2 Å². The molecule has 0 amide bonds. The molecule has 4 nitrogen and oxygen atoms in total. The lowest BCUT2D eigenvalue weighted by Crippen LogP contribution is -2.35. The van der Waals surface area contributed by atoms with Gasteiger partial charge < -0.3 is 10.7 Å². The van der Waals surface area contributed by atoms with E-state index >= 15 is 0 Å². The Hall–Kier alpha value is -1.16. The van der Waals surface area contributed by atoms with Gasteiger partial charge in [-0.2, -0.15) is 0 Å². The minimum absolute atomic E-state index is 0.120. The fourth-order valence-corrected chi connectivity index (χ4v) is 1.22. The van der Waals surface area contributed by atoms with Crippen molar-refractivity contribution in [3.63, 3.8) is 0 Å². The van der Waals surface area contributed by atoms with Crippen LogP contribution in [0.3, 0.4) is 0 Å². The molecule has 0 radical (unpaired) electrons. The number of Topliss-reactive ketones (excluding diaryl/α,β-unsaturated/α-hetero) is 1. The Morgan fingerprint density at radius 1 is 1.64 bits per heavy atom. The molecule has 0 aliphatic carbocycles. The number of H-pyrrole nitrogens is 1. The molecule has 4 heteroatoms.